The van der Waals surface area contributed by atoms with E-state index in [1.165, 1.54) is 11.1 Å². The van der Waals surface area contributed by atoms with Gasteiger partial charge < -0.3 is 5.32 Å². The fourth-order valence-electron chi connectivity index (χ4n) is 1.53. The second-order valence-corrected chi connectivity index (χ2v) is 4.67. The zero-order valence-corrected chi connectivity index (χ0v) is 10.8. The third kappa shape index (κ3) is 3.76. The van der Waals surface area contributed by atoms with Gasteiger partial charge in [0.25, 0.3) is 0 Å². The Morgan fingerprint density at radius 1 is 1.67 bits per heavy atom. The summed E-state index contributed by atoms with van der Waals surface area (Å²) in [6, 6.07) is 2.41. The number of aromatic nitrogens is 1. The number of rotatable bonds is 5. The first-order valence-corrected chi connectivity index (χ1v) is 5.94. The Balaban J connectivity index is 2.72. The molecule has 82 valence electrons. The zero-order valence-electron chi connectivity index (χ0n) is 9.26. The highest BCUT2D eigenvalue weighted by atomic mass is 79.9. The van der Waals surface area contributed by atoms with Gasteiger partial charge >= 0.3 is 0 Å². The normalized spacial score (nSPS) is 12.5. The molecule has 0 aliphatic carbocycles. The van der Waals surface area contributed by atoms with Gasteiger partial charge in [0, 0.05) is 29.5 Å². The molecule has 0 amide bonds. The van der Waals surface area contributed by atoms with E-state index >= 15 is 0 Å². The molecule has 0 radical (unpaired) electrons. The van der Waals surface area contributed by atoms with Gasteiger partial charge in [-0.15, -0.1) is 0 Å². The average molecular weight is 269 g/mol. The maximum atomic E-state index is 4.14. The fraction of sp³-hybridized carbons (Fsp3) is 0.417. The molecule has 0 saturated heterocycles. The number of halogens is 1. The topological polar surface area (TPSA) is 24.9 Å². The number of hydrogen-bond donors (Lipinski definition) is 1. The van der Waals surface area contributed by atoms with Gasteiger partial charge in [-0.3, -0.25) is 4.98 Å². The molecule has 3 heteroatoms. The summed E-state index contributed by atoms with van der Waals surface area (Å²) in [5.74, 6) is 0. The highest BCUT2D eigenvalue weighted by molar-refractivity contribution is 9.11. The molecule has 1 atom stereocenters. The molecule has 0 fully saturated rings. The molecule has 1 rings (SSSR count). The summed E-state index contributed by atoms with van der Waals surface area (Å²) in [5.41, 5.74) is 2.62. The molecule has 0 aliphatic rings. The summed E-state index contributed by atoms with van der Waals surface area (Å²) in [4.78, 5) is 4.14. The Morgan fingerprint density at radius 3 is 3.00 bits per heavy atom. The van der Waals surface area contributed by atoms with Crippen LogP contribution in [0.15, 0.2) is 29.5 Å². The number of aryl methyl sites for hydroxylation is 1. The molecule has 0 unspecified atom stereocenters. The third-order valence-electron chi connectivity index (χ3n) is 2.39. The maximum Gasteiger partial charge on any atom is 0.0303 e. The van der Waals surface area contributed by atoms with Crippen molar-refractivity contribution in [2.24, 2.45) is 0 Å². The second-order valence-electron chi connectivity index (χ2n) is 3.55. The van der Waals surface area contributed by atoms with Crippen LogP contribution in [0.5, 0.6) is 0 Å². The standard InChI is InChI=1S/C12H17BrN2/c1-4-11-8-14-6-5-12(11)10(3)15-7-9(2)13/h5-6,8,10,15H,2,4,7H2,1,3H3/t10-/m0/s1. The summed E-state index contributed by atoms with van der Waals surface area (Å²) >= 11 is 3.34. The Morgan fingerprint density at radius 2 is 2.40 bits per heavy atom. The van der Waals surface area contributed by atoms with Gasteiger partial charge in [0.2, 0.25) is 0 Å². The van der Waals surface area contributed by atoms with Crippen LogP contribution in [-0.4, -0.2) is 11.5 Å². The number of pyridine rings is 1. The molecule has 1 heterocycles. The van der Waals surface area contributed by atoms with E-state index in [9.17, 15) is 0 Å². The SMILES string of the molecule is C=C(Br)CN[C@@H](C)c1ccncc1CC. The van der Waals surface area contributed by atoms with E-state index in [0.717, 1.165) is 17.4 Å². The fourth-order valence-corrected chi connectivity index (χ4v) is 1.69. The van der Waals surface area contributed by atoms with Gasteiger partial charge in [-0.05, 0) is 30.5 Å². The minimum atomic E-state index is 0.331. The molecule has 1 aromatic heterocycles. The minimum Gasteiger partial charge on any atom is -0.306 e. The van der Waals surface area contributed by atoms with Crippen LogP contribution in [-0.2, 0) is 6.42 Å². The van der Waals surface area contributed by atoms with Crippen molar-refractivity contribution in [2.45, 2.75) is 26.3 Å². The monoisotopic (exact) mass is 268 g/mol. The lowest BCUT2D eigenvalue weighted by Crippen LogP contribution is -2.20. The summed E-state index contributed by atoms with van der Waals surface area (Å²) in [6.45, 7) is 8.90. The van der Waals surface area contributed by atoms with Crippen LogP contribution in [0.4, 0.5) is 0 Å². The van der Waals surface area contributed by atoms with Crippen LogP contribution < -0.4 is 5.32 Å². The predicted molar refractivity (Wildman–Crippen MR) is 68.1 cm³/mol. The molecule has 0 bridgehead atoms. The molecule has 0 aliphatic heterocycles. The van der Waals surface area contributed by atoms with E-state index in [1.54, 1.807) is 0 Å². The molecular weight excluding hydrogens is 252 g/mol. The largest absolute Gasteiger partial charge is 0.306 e. The van der Waals surface area contributed by atoms with Crippen LogP contribution in [0.25, 0.3) is 0 Å². The molecule has 0 aromatic carbocycles. The molecule has 0 saturated carbocycles. The van der Waals surface area contributed by atoms with Crippen LogP contribution >= 0.6 is 15.9 Å². The van der Waals surface area contributed by atoms with Gasteiger partial charge in [0.1, 0.15) is 0 Å². The second kappa shape index (κ2) is 6.03. The van der Waals surface area contributed by atoms with Crippen molar-refractivity contribution in [3.8, 4) is 0 Å². The average Bonchev–Trinajstić information content (AvgIpc) is 2.25. The quantitative estimate of drug-likeness (QED) is 0.887. The molecular formula is C12H17BrN2. The highest BCUT2D eigenvalue weighted by Gasteiger charge is 2.08. The van der Waals surface area contributed by atoms with Gasteiger partial charge in [-0.2, -0.15) is 0 Å². The lowest BCUT2D eigenvalue weighted by Gasteiger charge is -2.16. The Labute approximate surface area is 99.9 Å². The highest BCUT2D eigenvalue weighted by Crippen LogP contribution is 2.17. The summed E-state index contributed by atoms with van der Waals surface area (Å²) in [5, 5.41) is 3.40. The third-order valence-corrected chi connectivity index (χ3v) is 2.67. The molecule has 15 heavy (non-hydrogen) atoms. The minimum absolute atomic E-state index is 0.331. The Hall–Kier alpha value is -0.670. The smallest absolute Gasteiger partial charge is 0.0303 e. The molecule has 1 N–H and O–H groups in total. The first kappa shape index (κ1) is 12.4. The van der Waals surface area contributed by atoms with E-state index in [4.69, 9.17) is 0 Å². The lowest BCUT2D eigenvalue weighted by atomic mass is 10.0. The molecule has 0 spiro atoms. The Kier molecular flexibility index (Phi) is 4.99. The maximum absolute atomic E-state index is 4.14. The van der Waals surface area contributed by atoms with Crippen molar-refractivity contribution in [1.82, 2.24) is 10.3 Å². The number of hydrogen-bond acceptors (Lipinski definition) is 2. The van der Waals surface area contributed by atoms with Gasteiger partial charge in [0.15, 0.2) is 0 Å². The van der Waals surface area contributed by atoms with E-state index in [1.807, 2.05) is 12.4 Å². The van der Waals surface area contributed by atoms with Crippen LogP contribution in [0, 0.1) is 0 Å². The van der Waals surface area contributed by atoms with Crippen molar-refractivity contribution in [3.05, 3.63) is 40.6 Å². The number of nitrogens with one attached hydrogen (secondary N) is 1. The van der Waals surface area contributed by atoms with Crippen LogP contribution in [0.2, 0.25) is 0 Å². The van der Waals surface area contributed by atoms with E-state index < -0.39 is 0 Å². The van der Waals surface area contributed by atoms with Crippen LogP contribution in [0.3, 0.4) is 0 Å². The first-order valence-electron chi connectivity index (χ1n) is 5.14. The van der Waals surface area contributed by atoms with E-state index in [-0.39, 0.29) is 0 Å². The van der Waals surface area contributed by atoms with Crippen molar-refractivity contribution in [3.63, 3.8) is 0 Å². The molecule has 1 aromatic rings. The van der Waals surface area contributed by atoms with Gasteiger partial charge in [0.05, 0.1) is 0 Å². The van der Waals surface area contributed by atoms with E-state index in [2.05, 4.69) is 52.7 Å². The van der Waals surface area contributed by atoms with Crippen molar-refractivity contribution in [2.75, 3.05) is 6.54 Å². The summed E-state index contributed by atoms with van der Waals surface area (Å²) in [6.07, 6.45) is 4.80. The van der Waals surface area contributed by atoms with Crippen LogP contribution in [0.1, 0.15) is 31.0 Å². The lowest BCUT2D eigenvalue weighted by molar-refractivity contribution is 0.609. The summed E-state index contributed by atoms with van der Waals surface area (Å²) in [7, 11) is 0. The summed E-state index contributed by atoms with van der Waals surface area (Å²) < 4.78 is 0.974. The Bertz CT molecular complexity index is 336. The van der Waals surface area contributed by atoms with Crippen molar-refractivity contribution >= 4 is 15.9 Å². The van der Waals surface area contributed by atoms with Crippen molar-refractivity contribution in [1.29, 1.82) is 0 Å². The van der Waals surface area contributed by atoms with E-state index in [0.29, 0.717) is 6.04 Å². The van der Waals surface area contributed by atoms with Crippen molar-refractivity contribution < 1.29 is 0 Å². The van der Waals surface area contributed by atoms with Gasteiger partial charge in [-0.25, -0.2) is 0 Å². The zero-order chi connectivity index (χ0) is 11.3. The molecule has 2 nitrogen and oxygen atoms in total. The van der Waals surface area contributed by atoms with Gasteiger partial charge in [-0.1, -0.05) is 29.4 Å². The number of nitrogens with zero attached hydrogens (tertiary/aromatic N) is 1. The predicted octanol–water partition coefficient (Wildman–Crippen LogP) is 3.20. The first-order chi connectivity index (χ1) is 7.15.